The maximum atomic E-state index is 12.4. The van der Waals surface area contributed by atoms with Crippen LogP contribution in [0.4, 0.5) is 5.69 Å². The first-order valence-electron chi connectivity index (χ1n) is 8.52. The van der Waals surface area contributed by atoms with Crippen molar-refractivity contribution < 1.29 is 14.3 Å². The van der Waals surface area contributed by atoms with Crippen LogP contribution in [0, 0.1) is 0 Å². The maximum absolute atomic E-state index is 12.4. The van der Waals surface area contributed by atoms with Crippen molar-refractivity contribution in [3.63, 3.8) is 0 Å². The van der Waals surface area contributed by atoms with Crippen LogP contribution in [0.2, 0.25) is 0 Å². The average molecular weight is 316 g/mol. The fourth-order valence-electron chi connectivity index (χ4n) is 3.53. The summed E-state index contributed by atoms with van der Waals surface area (Å²) in [4.78, 5) is 25.7. The minimum atomic E-state index is 0.0523. The summed E-state index contributed by atoms with van der Waals surface area (Å²) in [6.07, 6.45) is 5.87. The number of fused-ring (bicyclic) bond motifs is 1. The summed E-state index contributed by atoms with van der Waals surface area (Å²) in [6, 6.07) is 5.97. The van der Waals surface area contributed by atoms with Crippen molar-refractivity contribution in [1.82, 2.24) is 4.90 Å². The minimum absolute atomic E-state index is 0.0523. The third kappa shape index (κ3) is 3.66. The second kappa shape index (κ2) is 7.02. The zero-order valence-electron chi connectivity index (χ0n) is 13.6. The van der Waals surface area contributed by atoms with Gasteiger partial charge in [0.2, 0.25) is 5.91 Å². The topological polar surface area (TPSA) is 58.6 Å². The van der Waals surface area contributed by atoms with E-state index in [1.165, 1.54) is 12.8 Å². The number of hydrogen-bond donors (Lipinski definition) is 1. The predicted octanol–water partition coefficient (Wildman–Crippen LogP) is 2.74. The molecule has 1 fully saturated rings. The summed E-state index contributed by atoms with van der Waals surface area (Å²) in [5, 5.41) is 2.85. The lowest BCUT2D eigenvalue weighted by Crippen LogP contribution is -2.41. The van der Waals surface area contributed by atoms with Crippen molar-refractivity contribution in [3.05, 3.63) is 23.8 Å². The Bertz CT molecular complexity index is 594. The lowest BCUT2D eigenvalue weighted by atomic mass is 10.0. The maximum Gasteiger partial charge on any atom is 0.260 e. The highest BCUT2D eigenvalue weighted by Crippen LogP contribution is 2.27. The molecule has 1 heterocycles. The molecule has 1 aliphatic heterocycles. The van der Waals surface area contributed by atoms with Crippen LogP contribution in [-0.2, 0) is 16.0 Å². The second-order valence-electron chi connectivity index (χ2n) is 6.27. The smallest absolute Gasteiger partial charge is 0.260 e. The Hall–Kier alpha value is -2.04. The summed E-state index contributed by atoms with van der Waals surface area (Å²) in [6.45, 7) is 2.84. The van der Waals surface area contributed by atoms with Gasteiger partial charge in [-0.25, -0.2) is 0 Å². The van der Waals surface area contributed by atoms with Crippen molar-refractivity contribution in [2.24, 2.45) is 0 Å². The molecule has 0 atom stereocenters. The molecule has 1 aliphatic carbocycles. The molecule has 0 unspecified atom stereocenters. The van der Waals surface area contributed by atoms with Crippen molar-refractivity contribution in [2.45, 2.75) is 51.5 Å². The fourth-order valence-corrected chi connectivity index (χ4v) is 3.53. The number of carbonyl (C=O) groups is 2. The number of nitrogens with zero attached hydrogens (tertiary/aromatic N) is 1. The molecule has 1 saturated carbocycles. The van der Waals surface area contributed by atoms with Gasteiger partial charge in [0, 0.05) is 24.7 Å². The summed E-state index contributed by atoms with van der Waals surface area (Å²) >= 11 is 0. The van der Waals surface area contributed by atoms with E-state index in [9.17, 15) is 9.59 Å². The summed E-state index contributed by atoms with van der Waals surface area (Å²) < 4.78 is 5.70. The summed E-state index contributed by atoms with van der Waals surface area (Å²) in [5.74, 6) is 0.803. The fraction of sp³-hybridized carbons (Fsp3) is 0.556. The molecular weight excluding hydrogens is 292 g/mol. The number of hydrogen-bond acceptors (Lipinski definition) is 3. The molecule has 1 N–H and O–H groups in total. The van der Waals surface area contributed by atoms with Gasteiger partial charge in [-0.15, -0.1) is 0 Å². The Kier molecular flexibility index (Phi) is 4.84. The molecule has 1 aromatic carbocycles. The van der Waals surface area contributed by atoms with Gasteiger partial charge in [0.15, 0.2) is 6.61 Å². The molecule has 5 nitrogen and oxygen atoms in total. The van der Waals surface area contributed by atoms with E-state index in [0.717, 1.165) is 37.1 Å². The summed E-state index contributed by atoms with van der Waals surface area (Å²) in [5.41, 5.74) is 1.92. The van der Waals surface area contributed by atoms with E-state index in [0.29, 0.717) is 18.2 Å². The van der Waals surface area contributed by atoms with Crippen LogP contribution >= 0.6 is 0 Å². The van der Waals surface area contributed by atoms with Gasteiger partial charge < -0.3 is 15.0 Å². The number of benzene rings is 1. The van der Waals surface area contributed by atoms with Gasteiger partial charge in [-0.05, 0) is 49.9 Å². The van der Waals surface area contributed by atoms with Gasteiger partial charge >= 0.3 is 0 Å². The summed E-state index contributed by atoms with van der Waals surface area (Å²) in [7, 11) is 0. The second-order valence-corrected chi connectivity index (χ2v) is 6.27. The molecule has 0 radical (unpaired) electrons. The van der Waals surface area contributed by atoms with Gasteiger partial charge in [0.05, 0.1) is 0 Å². The van der Waals surface area contributed by atoms with Crippen LogP contribution in [0.5, 0.6) is 5.75 Å². The van der Waals surface area contributed by atoms with E-state index in [-0.39, 0.29) is 18.4 Å². The van der Waals surface area contributed by atoms with Crippen LogP contribution in [0.1, 0.15) is 44.6 Å². The van der Waals surface area contributed by atoms with Crippen LogP contribution in [0.25, 0.3) is 0 Å². The first-order chi connectivity index (χ1) is 11.2. The number of nitrogens with one attached hydrogen (secondary N) is 1. The van der Waals surface area contributed by atoms with Crippen molar-refractivity contribution in [1.29, 1.82) is 0 Å². The molecule has 124 valence electrons. The molecule has 2 aliphatic rings. The van der Waals surface area contributed by atoms with E-state index in [2.05, 4.69) is 5.32 Å². The monoisotopic (exact) mass is 316 g/mol. The predicted molar refractivity (Wildman–Crippen MR) is 88.5 cm³/mol. The van der Waals surface area contributed by atoms with Crippen molar-refractivity contribution in [3.8, 4) is 5.75 Å². The van der Waals surface area contributed by atoms with Gasteiger partial charge in [-0.1, -0.05) is 12.8 Å². The zero-order valence-corrected chi connectivity index (χ0v) is 13.6. The molecule has 0 bridgehead atoms. The quantitative estimate of drug-likeness (QED) is 0.908. The van der Waals surface area contributed by atoms with Crippen LogP contribution in [-0.4, -0.2) is 35.9 Å². The van der Waals surface area contributed by atoms with Gasteiger partial charge in [0.25, 0.3) is 5.91 Å². The van der Waals surface area contributed by atoms with Crippen molar-refractivity contribution in [2.75, 3.05) is 18.5 Å². The van der Waals surface area contributed by atoms with Crippen LogP contribution in [0.3, 0.4) is 0 Å². The van der Waals surface area contributed by atoms with E-state index >= 15 is 0 Å². The highest BCUT2D eigenvalue weighted by atomic mass is 16.5. The van der Waals surface area contributed by atoms with E-state index in [1.807, 2.05) is 30.0 Å². The number of aryl methyl sites for hydroxylation is 1. The lowest BCUT2D eigenvalue weighted by Gasteiger charge is -2.27. The number of likely N-dealkylation sites (N-methyl/N-ethyl adjacent to an activating group) is 1. The lowest BCUT2D eigenvalue weighted by molar-refractivity contribution is -0.135. The van der Waals surface area contributed by atoms with E-state index < -0.39 is 0 Å². The van der Waals surface area contributed by atoms with Gasteiger partial charge in [-0.3, -0.25) is 9.59 Å². The average Bonchev–Trinajstić information content (AvgIpc) is 3.07. The Balaban J connectivity index is 1.59. The molecule has 1 aromatic rings. The van der Waals surface area contributed by atoms with Crippen molar-refractivity contribution >= 4 is 17.5 Å². The molecular formula is C18H24N2O3. The molecule has 23 heavy (non-hydrogen) atoms. The number of rotatable bonds is 5. The standard InChI is InChI=1S/C18H24N2O3/c1-2-20(14-5-3-4-6-14)18(22)12-23-15-8-9-16-13(11-15)7-10-17(21)19-16/h8-9,11,14H,2-7,10,12H2,1H3,(H,19,21). The molecule has 0 saturated heterocycles. The Labute approximate surface area is 137 Å². The van der Waals surface area contributed by atoms with Gasteiger partial charge in [-0.2, -0.15) is 0 Å². The first kappa shape index (κ1) is 15.8. The number of ether oxygens (including phenoxy) is 1. The number of carbonyl (C=O) groups excluding carboxylic acids is 2. The van der Waals surface area contributed by atoms with Crippen LogP contribution < -0.4 is 10.1 Å². The highest BCUT2D eigenvalue weighted by molar-refractivity contribution is 5.94. The molecule has 5 heteroatoms. The third-order valence-corrected chi connectivity index (χ3v) is 4.76. The normalized spacial score (nSPS) is 17.5. The largest absolute Gasteiger partial charge is 0.484 e. The zero-order chi connectivity index (χ0) is 16.2. The molecule has 2 amide bonds. The SMILES string of the molecule is CCN(C(=O)COc1ccc2c(c1)CCC(=O)N2)C1CCCC1. The Morgan fingerprint density at radius 3 is 2.83 bits per heavy atom. The highest BCUT2D eigenvalue weighted by Gasteiger charge is 2.25. The number of amides is 2. The first-order valence-corrected chi connectivity index (χ1v) is 8.52. The van der Waals surface area contributed by atoms with Gasteiger partial charge in [0.1, 0.15) is 5.75 Å². The Morgan fingerprint density at radius 2 is 2.09 bits per heavy atom. The minimum Gasteiger partial charge on any atom is -0.484 e. The third-order valence-electron chi connectivity index (χ3n) is 4.76. The molecule has 0 aromatic heterocycles. The van der Waals surface area contributed by atoms with E-state index in [1.54, 1.807) is 0 Å². The van der Waals surface area contributed by atoms with E-state index in [4.69, 9.17) is 4.74 Å². The molecule has 0 spiro atoms. The van der Waals surface area contributed by atoms with Crippen LogP contribution in [0.15, 0.2) is 18.2 Å². The molecule has 3 rings (SSSR count). The number of anilines is 1. The Morgan fingerprint density at radius 1 is 1.30 bits per heavy atom.